The lowest BCUT2D eigenvalue weighted by atomic mass is 9.91. The number of carbonyl (C=O) groups is 1. The Labute approximate surface area is 110 Å². The number of anilines is 1. The van der Waals surface area contributed by atoms with Gasteiger partial charge >= 0.3 is 0 Å². The van der Waals surface area contributed by atoms with Crippen LogP contribution in [0.3, 0.4) is 0 Å². The van der Waals surface area contributed by atoms with Gasteiger partial charge in [0.2, 0.25) is 0 Å². The zero-order chi connectivity index (χ0) is 14.0. The van der Waals surface area contributed by atoms with E-state index in [2.05, 4.69) is 5.43 Å². The van der Waals surface area contributed by atoms with Crippen molar-refractivity contribution in [2.75, 3.05) is 12.5 Å². The molecule has 2 rings (SSSR count). The number of nitrogen functional groups attached to an aromatic ring is 1. The maximum absolute atomic E-state index is 12.3. The number of nitrogens with two attached hydrogens (primary N) is 1. The van der Waals surface area contributed by atoms with E-state index < -0.39 is 4.92 Å². The van der Waals surface area contributed by atoms with Crippen LogP contribution in [0.1, 0.15) is 29.6 Å². The molecule has 0 saturated heterocycles. The Morgan fingerprint density at radius 2 is 2.21 bits per heavy atom. The smallest absolute Gasteiger partial charge is 0.270 e. The van der Waals surface area contributed by atoms with Gasteiger partial charge < -0.3 is 10.3 Å². The number of hydrogen-bond donors (Lipinski definition) is 2. The van der Waals surface area contributed by atoms with Crippen LogP contribution in [0.2, 0.25) is 0 Å². The Morgan fingerprint density at radius 1 is 1.53 bits per heavy atom. The average molecular weight is 264 g/mol. The summed E-state index contributed by atoms with van der Waals surface area (Å²) in [6.45, 7) is 0. The molecule has 0 atom stereocenters. The van der Waals surface area contributed by atoms with Gasteiger partial charge in [0, 0.05) is 25.2 Å². The minimum atomic E-state index is -0.527. The van der Waals surface area contributed by atoms with E-state index in [4.69, 9.17) is 5.84 Å². The van der Waals surface area contributed by atoms with Crippen LogP contribution in [-0.4, -0.2) is 28.8 Å². The first-order valence-electron chi connectivity index (χ1n) is 6.07. The summed E-state index contributed by atoms with van der Waals surface area (Å²) >= 11 is 0. The van der Waals surface area contributed by atoms with Crippen molar-refractivity contribution >= 4 is 17.3 Å². The van der Waals surface area contributed by atoms with Crippen molar-refractivity contribution in [3.8, 4) is 0 Å². The molecule has 1 aromatic rings. The zero-order valence-corrected chi connectivity index (χ0v) is 10.6. The molecular weight excluding hydrogens is 248 g/mol. The Kier molecular flexibility index (Phi) is 3.66. The molecule has 19 heavy (non-hydrogen) atoms. The Bertz CT molecular complexity index is 514. The number of carbonyl (C=O) groups excluding carboxylic acids is 1. The third kappa shape index (κ3) is 2.50. The molecule has 1 amide bonds. The molecule has 0 heterocycles. The van der Waals surface area contributed by atoms with Crippen molar-refractivity contribution in [2.45, 2.75) is 25.3 Å². The van der Waals surface area contributed by atoms with Crippen LogP contribution < -0.4 is 11.3 Å². The second kappa shape index (κ2) is 5.23. The number of amides is 1. The summed E-state index contributed by atoms with van der Waals surface area (Å²) < 4.78 is 0. The van der Waals surface area contributed by atoms with Crippen LogP contribution in [0.5, 0.6) is 0 Å². The second-order valence-electron chi connectivity index (χ2n) is 4.63. The highest BCUT2D eigenvalue weighted by Crippen LogP contribution is 2.28. The van der Waals surface area contributed by atoms with Crippen molar-refractivity contribution in [1.29, 1.82) is 0 Å². The minimum absolute atomic E-state index is 0.121. The van der Waals surface area contributed by atoms with Crippen molar-refractivity contribution in [3.63, 3.8) is 0 Å². The average Bonchev–Trinajstić information content (AvgIpc) is 2.34. The molecule has 0 aromatic heterocycles. The fraction of sp³-hybridized carbons (Fsp3) is 0.417. The maximum atomic E-state index is 12.3. The SMILES string of the molecule is CN(C(=O)c1cc([N+](=O)[O-])ccc1NN)C1CCC1. The number of hydrogen-bond acceptors (Lipinski definition) is 5. The van der Waals surface area contributed by atoms with E-state index in [1.807, 2.05) is 0 Å². The lowest BCUT2D eigenvalue weighted by Crippen LogP contribution is -2.41. The van der Waals surface area contributed by atoms with Crippen LogP contribution in [0.15, 0.2) is 18.2 Å². The monoisotopic (exact) mass is 264 g/mol. The van der Waals surface area contributed by atoms with E-state index >= 15 is 0 Å². The predicted octanol–water partition coefficient (Wildman–Crippen LogP) is 1.50. The highest BCUT2D eigenvalue weighted by Gasteiger charge is 2.28. The number of nitrogens with one attached hydrogen (secondary N) is 1. The summed E-state index contributed by atoms with van der Waals surface area (Å²) in [6.07, 6.45) is 3.06. The van der Waals surface area contributed by atoms with Crippen molar-refractivity contribution in [3.05, 3.63) is 33.9 Å². The molecule has 0 unspecified atom stereocenters. The third-order valence-electron chi connectivity index (χ3n) is 3.54. The molecule has 7 nitrogen and oxygen atoms in total. The topological polar surface area (TPSA) is 102 Å². The fourth-order valence-corrected chi connectivity index (χ4v) is 2.08. The van der Waals surface area contributed by atoms with Gasteiger partial charge in [-0.2, -0.15) is 0 Å². The fourth-order valence-electron chi connectivity index (χ4n) is 2.08. The standard InChI is InChI=1S/C12H16N4O3/c1-15(8-3-2-4-8)12(17)10-7-9(16(18)19)5-6-11(10)14-13/h5-8,14H,2-4,13H2,1H3. The van der Waals surface area contributed by atoms with Crippen LogP contribution >= 0.6 is 0 Å². The van der Waals surface area contributed by atoms with Crippen LogP contribution in [0.25, 0.3) is 0 Å². The number of benzene rings is 1. The number of nitro benzene ring substituents is 1. The third-order valence-corrected chi connectivity index (χ3v) is 3.54. The molecule has 0 bridgehead atoms. The van der Waals surface area contributed by atoms with Crippen LogP contribution in [0.4, 0.5) is 11.4 Å². The van der Waals surface area contributed by atoms with Crippen molar-refractivity contribution in [1.82, 2.24) is 4.90 Å². The molecule has 0 radical (unpaired) electrons. The van der Waals surface area contributed by atoms with E-state index in [0.717, 1.165) is 19.3 Å². The van der Waals surface area contributed by atoms with Crippen LogP contribution in [-0.2, 0) is 0 Å². The summed E-state index contributed by atoms with van der Waals surface area (Å²) in [6, 6.07) is 4.24. The van der Waals surface area contributed by atoms with E-state index in [0.29, 0.717) is 5.69 Å². The first-order chi connectivity index (χ1) is 9.04. The number of nitro groups is 1. The Morgan fingerprint density at radius 3 is 2.68 bits per heavy atom. The zero-order valence-electron chi connectivity index (χ0n) is 10.6. The van der Waals surface area contributed by atoms with Gasteiger partial charge in [0.05, 0.1) is 16.2 Å². The van der Waals surface area contributed by atoms with Gasteiger partial charge in [-0.15, -0.1) is 0 Å². The lowest BCUT2D eigenvalue weighted by molar-refractivity contribution is -0.384. The number of nitrogens with zero attached hydrogens (tertiary/aromatic N) is 2. The van der Waals surface area contributed by atoms with Crippen molar-refractivity contribution < 1.29 is 9.72 Å². The van der Waals surface area contributed by atoms with E-state index in [1.165, 1.54) is 18.2 Å². The van der Waals surface area contributed by atoms with Gasteiger partial charge in [-0.3, -0.25) is 20.8 Å². The minimum Gasteiger partial charge on any atom is -0.339 e. The molecule has 1 aliphatic carbocycles. The van der Waals surface area contributed by atoms with Gasteiger partial charge in [-0.05, 0) is 25.3 Å². The lowest BCUT2D eigenvalue weighted by Gasteiger charge is -2.35. The number of hydrazine groups is 1. The maximum Gasteiger partial charge on any atom is 0.270 e. The largest absolute Gasteiger partial charge is 0.339 e. The van der Waals surface area contributed by atoms with E-state index in [9.17, 15) is 14.9 Å². The van der Waals surface area contributed by atoms with Crippen LogP contribution in [0, 0.1) is 10.1 Å². The predicted molar refractivity (Wildman–Crippen MR) is 70.6 cm³/mol. The normalized spacial score (nSPS) is 14.6. The molecule has 0 spiro atoms. The summed E-state index contributed by atoms with van der Waals surface area (Å²) in [4.78, 5) is 24.2. The quantitative estimate of drug-likeness (QED) is 0.487. The molecule has 1 aliphatic rings. The van der Waals surface area contributed by atoms with Gasteiger partial charge in [0.1, 0.15) is 0 Å². The molecule has 1 fully saturated rings. The van der Waals surface area contributed by atoms with Gasteiger partial charge in [0.15, 0.2) is 0 Å². The summed E-state index contributed by atoms with van der Waals surface area (Å²) in [7, 11) is 1.71. The van der Waals surface area contributed by atoms with E-state index in [-0.39, 0.29) is 23.2 Å². The van der Waals surface area contributed by atoms with Gasteiger partial charge in [0.25, 0.3) is 11.6 Å². The molecule has 3 N–H and O–H groups in total. The summed E-state index contributed by atoms with van der Waals surface area (Å²) in [5.41, 5.74) is 2.90. The van der Waals surface area contributed by atoms with Gasteiger partial charge in [-0.25, -0.2) is 0 Å². The summed E-state index contributed by atoms with van der Waals surface area (Å²) in [5.74, 6) is 5.10. The Balaban J connectivity index is 2.32. The first kappa shape index (κ1) is 13.3. The second-order valence-corrected chi connectivity index (χ2v) is 4.63. The Hall–Kier alpha value is -2.15. The molecule has 0 aliphatic heterocycles. The van der Waals surface area contributed by atoms with Gasteiger partial charge in [-0.1, -0.05) is 0 Å². The molecular formula is C12H16N4O3. The van der Waals surface area contributed by atoms with Crippen molar-refractivity contribution in [2.24, 2.45) is 5.84 Å². The van der Waals surface area contributed by atoms with E-state index in [1.54, 1.807) is 11.9 Å². The summed E-state index contributed by atoms with van der Waals surface area (Å²) in [5, 5.41) is 10.8. The molecule has 102 valence electrons. The molecule has 1 saturated carbocycles. The molecule has 7 heteroatoms. The first-order valence-corrected chi connectivity index (χ1v) is 6.07. The molecule has 1 aromatic carbocycles. The highest BCUT2D eigenvalue weighted by molar-refractivity contribution is 6.00. The number of rotatable bonds is 4. The highest BCUT2D eigenvalue weighted by atomic mass is 16.6. The number of non-ortho nitro benzene ring substituents is 1.